The molecule has 2 nitrogen and oxygen atoms in total. The van der Waals surface area contributed by atoms with E-state index in [9.17, 15) is 4.79 Å². The summed E-state index contributed by atoms with van der Waals surface area (Å²) in [6.45, 7) is 4.04. The first-order valence-electron chi connectivity index (χ1n) is 7.79. The molecule has 1 heterocycles. The lowest BCUT2D eigenvalue weighted by Crippen LogP contribution is -2.36. The van der Waals surface area contributed by atoms with Crippen LogP contribution in [0.25, 0.3) is 10.4 Å². The smallest absolute Gasteiger partial charge is 0.258 e. The number of rotatable bonds is 4. The average molecular weight is 356 g/mol. The summed E-state index contributed by atoms with van der Waals surface area (Å²) in [6.07, 6.45) is 0. The van der Waals surface area contributed by atoms with Gasteiger partial charge in [-0.05, 0) is 49.7 Å². The molecule has 0 radical (unpaired) electrons. The number of thiophene rings is 1. The molecule has 122 valence electrons. The molecule has 4 heteroatoms. The minimum atomic E-state index is -0.0147. The number of anilines is 1. The van der Waals surface area contributed by atoms with Gasteiger partial charge in [-0.1, -0.05) is 41.9 Å². The Kier molecular flexibility index (Phi) is 5.03. The number of amides is 1. The van der Waals surface area contributed by atoms with Crippen LogP contribution in [0.15, 0.2) is 66.0 Å². The Morgan fingerprint density at radius 3 is 2.33 bits per heavy atom. The summed E-state index contributed by atoms with van der Waals surface area (Å²) >= 11 is 7.57. The summed E-state index contributed by atoms with van der Waals surface area (Å²) in [4.78, 5) is 15.9. The van der Waals surface area contributed by atoms with Crippen LogP contribution in [-0.4, -0.2) is 11.9 Å². The molecule has 0 aliphatic carbocycles. The zero-order chi connectivity index (χ0) is 17.1. The maximum absolute atomic E-state index is 12.9. The summed E-state index contributed by atoms with van der Waals surface area (Å²) in [7, 11) is 0. The second-order valence-corrected chi connectivity index (χ2v) is 7.16. The normalized spacial score (nSPS) is 10.8. The molecule has 0 bridgehead atoms. The molecule has 0 aliphatic heterocycles. The van der Waals surface area contributed by atoms with Crippen LogP contribution >= 0.6 is 22.9 Å². The number of nitrogens with zero attached hydrogens (tertiary/aromatic N) is 1. The van der Waals surface area contributed by atoms with Gasteiger partial charge in [0.05, 0.1) is 5.69 Å². The minimum absolute atomic E-state index is 0.0147. The maximum Gasteiger partial charge on any atom is 0.258 e. The quantitative estimate of drug-likeness (QED) is 0.551. The molecular weight excluding hydrogens is 338 g/mol. The topological polar surface area (TPSA) is 20.3 Å². The van der Waals surface area contributed by atoms with Crippen molar-refractivity contribution in [3.8, 4) is 10.4 Å². The van der Waals surface area contributed by atoms with Gasteiger partial charge in [-0.2, -0.15) is 0 Å². The van der Waals surface area contributed by atoms with Crippen molar-refractivity contribution in [2.45, 2.75) is 19.9 Å². The van der Waals surface area contributed by atoms with E-state index in [0.717, 1.165) is 16.1 Å². The molecular formula is C20H18ClNOS. The van der Waals surface area contributed by atoms with E-state index in [2.05, 4.69) is 18.2 Å². The average Bonchev–Trinajstić information content (AvgIpc) is 3.05. The van der Waals surface area contributed by atoms with Crippen molar-refractivity contribution in [2.24, 2.45) is 0 Å². The summed E-state index contributed by atoms with van der Waals surface area (Å²) in [5, 5.41) is 2.67. The van der Waals surface area contributed by atoms with Crippen LogP contribution < -0.4 is 4.90 Å². The highest BCUT2D eigenvalue weighted by Gasteiger charge is 2.22. The van der Waals surface area contributed by atoms with E-state index in [1.165, 1.54) is 0 Å². The molecule has 1 amide bonds. The fraction of sp³-hybridized carbons (Fsp3) is 0.150. The van der Waals surface area contributed by atoms with E-state index >= 15 is 0 Å². The standard InChI is InChI=1S/C20H18ClNOS/c1-14(2)22(20(23)16-8-10-17(21)11-9-16)18-12-19(24-13-18)15-6-4-3-5-7-15/h3-14H,1-2H3. The molecule has 0 saturated heterocycles. The number of carbonyl (C=O) groups excluding carboxylic acids is 1. The highest BCUT2D eigenvalue weighted by atomic mass is 35.5. The minimum Gasteiger partial charge on any atom is -0.305 e. The zero-order valence-electron chi connectivity index (χ0n) is 13.6. The third-order valence-corrected chi connectivity index (χ3v) is 4.97. The molecule has 0 fully saturated rings. The fourth-order valence-electron chi connectivity index (χ4n) is 2.59. The zero-order valence-corrected chi connectivity index (χ0v) is 15.1. The monoisotopic (exact) mass is 355 g/mol. The van der Waals surface area contributed by atoms with Crippen molar-refractivity contribution in [3.05, 3.63) is 76.6 Å². The first-order chi connectivity index (χ1) is 11.6. The number of benzene rings is 2. The van der Waals surface area contributed by atoms with Crippen LogP contribution in [0.2, 0.25) is 5.02 Å². The third-order valence-electron chi connectivity index (χ3n) is 3.75. The van der Waals surface area contributed by atoms with Gasteiger partial charge in [0.1, 0.15) is 0 Å². The molecule has 3 rings (SSSR count). The lowest BCUT2D eigenvalue weighted by atomic mass is 10.1. The van der Waals surface area contributed by atoms with Gasteiger partial charge >= 0.3 is 0 Å². The maximum atomic E-state index is 12.9. The van der Waals surface area contributed by atoms with Crippen LogP contribution in [0.5, 0.6) is 0 Å². The Morgan fingerprint density at radius 2 is 1.71 bits per heavy atom. The van der Waals surface area contributed by atoms with Crippen molar-refractivity contribution in [1.82, 2.24) is 0 Å². The van der Waals surface area contributed by atoms with Crippen molar-refractivity contribution < 1.29 is 4.79 Å². The first-order valence-corrected chi connectivity index (χ1v) is 9.05. The third kappa shape index (κ3) is 3.53. The predicted molar refractivity (Wildman–Crippen MR) is 103 cm³/mol. The summed E-state index contributed by atoms with van der Waals surface area (Å²) < 4.78 is 0. The largest absolute Gasteiger partial charge is 0.305 e. The van der Waals surface area contributed by atoms with Crippen molar-refractivity contribution >= 4 is 34.5 Å². The number of hydrogen-bond acceptors (Lipinski definition) is 2. The van der Waals surface area contributed by atoms with Crippen LogP contribution in [0.3, 0.4) is 0 Å². The molecule has 0 N–H and O–H groups in total. The SMILES string of the molecule is CC(C)N(C(=O)c1ccc(Cl)cc1)c1csc(-c2ccccc2)c1. The second kappa shape index (κ2) is 7.20. The Balaban J connectivity index is 1.93. The Bertz CT molecular complexity index is 824. The summed E-state index contributed by atoms with van der Waals surface area (Å²) in [5.74, 6) is -0.0147. The Hall–Kier alpha value is -2.10. The highest BCUT2D eigenvalue weighted by molar-refractivity contribution is 7.14. The van der Waals surface area contributed by atoms with Crippen LogP contribution in [-0.2, 0) is 0 Å². The number of carbonyl (C=O) groups is 1. The number of halogens is 1. The molecule has 24 heavy (non-hydrogen) atoms. The second-order valence-electron chi connectivity index (χ2n) is 5.81. The lowest BCUT2D eigenvalue weighted by molar-refractivity contribution is 0.0980. The van der Waals surface area contributed by atoms with Gasteiger partial charge in [0.15, 0.2) is 0 Å². The van der Waals surface area contributed by atoms with E-state index < -0.39 is 0 Å². The van der Waals surface area contributed by atoms with Gasteiger partial charge < -0.3 is 4.90 Å². The van der Waals surface area contributed by atoms with E-state index in [0.29, 0.717) is 10.6 Å². The van der Waals surface area contributed by atoms with Gasteiger partial charge in [-0.25, -0.2) is 0 Å². The van der Waals surface area contributed by atoms with Gasteiger partial charge in [0, 0.05) is 26.9 Å². The van der Waals surface area contributed by atoms with Gasteiger partial charge in [0.25, 0.3) is 5.91 Å². The Morgan fingerprint density at radius 1 is 1.04 bits per heavy atom. The van der Waals surface area contributed by atoms with E-state index in [1.807, 2.05) is 42.3 Å². The number of hydrogen-bond donors (Lipinski definition) is 0. The molecule has 0 saturated carbocycles. The molecule has 0 atom stereocenters. The van der Waals surface area contributed by atoms with E-state index in [-0.39, 0.29) is 11.9 Å². The fourth-order valence-corrected chi connectivity index (χ4v) is 3.60. The van der Waals surface area contributed by atoms with E-state index in [4.69, 9.17) is 11.6 Å². The van der Waals surface area contributed by atoms with Gasteiger partial charge in [-0.3, -0.25) is 4.79 Å². The molecule has 0 spiro atoms. The lowest BCUT2D eigenvalue weighted by Gasteiger charge is -2.25. The molecule has 0 unspecified atom stereocenters. The molecule has 1 aromatic heterocycles. The summed E-state index contributed by atoms with van der Waals surface area (Å²) in [6, 6.07) is 19.4. The van der Waals surface area contributed by atoms with E-state index in [1.54, 1.807) is 35.6 Å². The molecule has 2 aromatic carbocycles. The molecule has 0 aliphatic rings. The molecule has 3 aromatic rings. The van der Waals surface area contributed by atoms with Crippen molar-refractivity contribution in [3.63, 3.8) is 0 Å². The Labute approximate surface area is 151 Å². The van der Waals surface area contributed by atoms with Gasteiger partial charge in [-0.15, -0.1) is 11.3 Å². The summed E-state index contributed by atoms with van der Waals surface area (Å²) in [5.41, 5.74) is 2.73. The highest BCUT2D eigenvalue weighted by Crippen LogP contribution is 2.33. The predicted octanol–water partition coefficient (Wildman–Crippen LogP) is 6.12. The van der Waals surface area contributed by atoms with Crippen LogP contribution in [0.4, 0.5) is 5.69 Å². The van der Waals surface area contributed by atoms with Crippen molar-refractivity contribution in [2.75, 3.05) is 4.90 Å². The van der Waals surface area contributed by atoms with Crippen LogP contribution in [0, 0.1) is 0 Å². The first kappa shape index (κ1) is 16.7. The van der Waals surface area contributed by atoms with Gasteiger partial charge in [0.2, 0.25) is 0 Å². The van der Waals surface area contributed by atoms with Crippen LogP contribution in [0.1, 0.15) is 24.2 Å². The van der Waals surface area contributed by atoms with Crippen molar-refractivity contribution in [1.29, 1.82) is 0 Å².